The van der Waals surface area contributed by atoms with E-state index in [-0.39, 0.29) is 0 Å². The molecule has 1 N–H and O–H groups in total. The summed E-state index contributed by atoms with van der Waals surface area (Å²) >= 11 is 0. The zero-order valence-electron chi connectivity index (χ0n) is 11.1. The van der Waals surface area contributed by atoms with Crippen molar-refractivity contribution >= 4 is 0 Å². The van der Waals surface area contributed by atoms with E-state index < -0.39 is 0 Å². The van der Waals surface area contributed by atoms with Crippen molar-refractivity contribution in [1.82, 2.24) is 10.2 Å². The molecular formula is C13H28N2. The van der Waals surface area contributed by atoms with Crippen LogP contribution in [0.1, 0.15) is 41.0 Å². The molecule has 1 fully saturated rings. The summed E-state index contributed by atoms with van der Waals surface area (Å²) in [7, 11) is 0. The second kappa shape index (κ2) is 5.31. The second-order valence-electron chi connectivity index (χ2n) is 6.32. The fourth-order valence-corrected chi connectivity index (χ4v) is 2.18. The Labute approximate surface area is 95.4 Å². The fourth-order valence-electron chi connectivity index (χ4n) is 2.18. The van der Waals surface area contributed by atoms with Crippen molar-refractivity contribution in [3.63, 3.8) is 0 Å². The molecule has 1 heterocycles. The third kappa shape index (κ3) is 4.52. The summed E-state index contributed by atoms with van der Waals surface area (Å²) in [5, 5.41) is 3.57. The Balaban J connectivity index is 2.19. The first-order valence-corrected chi connectivity index (χ1v) is 6.35. The van der Waals surface area contributed by atoms with E-state index in [9.17, 15) is 0 Å². The van der Waals surface area contributed by atoms with E-state index in [0.29, 0.717) is 5.54 Å². The van der Waals surface area contributed by atoms with Crippen molar-refractivity contribution in [3.05, 3.63) is 0 Å². The van der Waals surface area contributed by atoms with Crippen molar-refractivity contribution in [2.45, 2.75) is 46.6 Å². The summed E-state index contributed by atoms with van der Waals surface area (Å²) in [6.07, 6.45) is 1.36. The zero-order chi connectivity index (χ0) is 11.5. The van der Waals surface area contributed by atoms with Crippen LogP contribution >= 0.6 is 0 Å². The number of hydrogen-bond donors (Lipinski definition) is 1. The normalized spacial score (nSPS) is 24.0. The maximum Gasteiger partial charge on any atom is 0.0125 e. The van der Waals surface area contributed by atoms with Crippen LogP contribution in [-0.2, 0) is 0 Å². The molecule has 0 aromatic heterocycles. The first kappa shape index (κ1) is 13.0. The van der Waals surface area contributed by atoms with Crippen LogP contribution in [0.4, 0.5) is 0 Å². The Hall–Kier alpha value is -0.0800. The first-order valence-electron chi connectivity index (χ1n) is 6.35. The van der Waals surface area contributed by atoms with Gasteiger partial charge in [-0.25, -0.2) is 0 Å². The lowest BCUT2D eigenvalue weighted by Crippen LogP contribution is -2.40. The smallest absolute Gasteiger partial charge is 0.0125 e. The van der Waals surface area contributed by atoms with Crippen molar-refractivity contribution < 1.29 is 0 Å². The third-order valence-electron chi connectivity index (χ3n) is 3.22. The largest absolute Gasteiger partial charge is 0.316 e. The summed E-state index contributed by atoms with van der Waals surface area (Å²) in [5.41, 5.74) is 0.354. The van der Waals surface area contributed by atoms with Gasteiger partial charge in [0.15, 0.2) is 0 Å². The number of hydrogen-bond acceptors (Lipinski definition) is 2. The molecule has 1 atom stereocenters. The summed E-state index contributed by atoms with van der Waals surface area (Å²) in [4.78, 5) is 2.61. The van der Waals surface area contributed by atoms with Gasteiger partial charge in [0.2, 0.25) is 0 Å². The summed E-state index contributed by atoms with van der Waals surface area (Å²) < 4.78 is 0. The number of rotatable bonds is 4. The minimum atomic E-state index is 0.354. The monoisotopic (exact) mass is 212 g/mol. The molecule has 1 rings (SSSR count). The van der Waals surface area contributed by atoms with E-state index >= 15 is 0 Å². The van der Waals surface area contributed by atoms with Gasteiger partial charge in [0.1, 0.15) is 0 Å². The molecule has 2 heteroatoms. The fraction of sp³-hybridized carbons (Fsp3) is 1.00. The Bertz CT molecular complexity index is 181. The van der Waals surface area contributed by atoms with E-state index in [4.69, 9.17) is 0 Å². The number of likely N-dealkylation sites (tertiary alicyclic amines) is 1. The van der Waals surface area contributed by atoms with Crippen molar-refractivity contribution in [2.75, 3.05) is 26.2 Å². The van der Waals surface area contributed by atoms with Gasteiger partial charge in [-0.15, -0.1) is 0 Å². The van der Waals surface area contributed by atoms with Crippen LogP contribution in [0.2, 0.25) is 0 Å². The predicted molar refractivity (Wildman–Crippen MR) is 67.1 cm³/mol. The minimum absolute atomic E-state index is 0.354. The highest BCUT2D eigenvalue weighted by atomic mass is 15.2. The molecule has 1 unspecified atom stereocenters. The summed E-state index contributed by atoms with van der Waals surface area (Å²) in [5.74, 6) is 1.63. The van der Waals surface area contributed by atoms with Gasteiger partial charge in [0.25, 0.3) is 0 Å². The molecular weight excluding hydrogens is 184 g/mol. The second-order valence-corrected chi connectivity index (χ2v) is 6.32. The van der Waals surface area contributed by atoms with E-state index in [2.05, 4.69) is 44.8 Å². The molecule has 1 saturated heterocycles. The van der Waals surface area contributed by atoms with Gasteiger partial charge in [0.05, 0.1) is 0 Å². The van der Waals surface area contributed by atoms with E-state index in [1.165, 1.54) is 26.1 Å². The van der Waals surface area contributed by atoms with Crippen LogP contribution in [0.25, 0.3) is 0 Å². The molecule has 0 radical (unpaired) electrons. The predicted octanol–water partition coefficient (Wildman–Crippen LogP) is 2.35. The first-order chi connectivity index (χ1) is 6.89. The average molecular weight is 212 g/mol. The SMILES string of the molecule is CC(C)CNCC1CCN(C(C)(C)C)C1. The molecule has 90 valence electrons. The highest BCUT2D eigenvalue weighted by Crippen LogP contribution is 2.23. The van der Waals surface area contributed by atoms with Crippen LogP contribution in [-0.4, -0.2) is 36.6 Å². The Morgan fingerprint density at radius 3 is 2.47 bits per heavy atom. The number of nitrogens with zero attached hydrogens (tertiary/aromatic N) is 1. The molecule has 2 nitrogen and oxygen atoms in total. The van der Waals surface area contributed by atoms with E-state index in [1.54, 1.807) is 0 Å². The van der Waals surface area contributed by atoms with Crippen molar-refractivity contribution in [1.29, 1.82) is 0 Å². The molecule has 0 amide bonds. The van der Waals surface area contributed by atoms with Crippen molar-refractivity contribution in [2.24, 2.45) is 11.8 Å². The number of nitrogens with one attached hydrogen (secondary N) is 1. The average Bonchev–Trinajstić information content (AvgIpc) is 2.51. The van der Waals surface area contributed by atoms with Gasteiger partial charge < -0.3 is 5.32 Å². The van der Waals surface area contributed by atoms with E-state index in [1.807, 2.05) is 0 Å². The highest BCUT2D eigenvalue weighted by Gasteiger charge is 2.29. The molecule has 0 aliphatic carbocycles. The maximum atomic E-state index is 3.57. The molecule has 0 saturated carbocycles. The summed E-state index contributed by atoms with van der Waals surface area (Å²) in [6, 6.07) is 0. The Kier molecular flexibility index (Phi) is 4.60. The lowest BCUT2D eigenvalue weighted by molar-refractivity contribution is 0.168. The quantitative estimate of drug-likeness (QED) is 0.769. The maximum absolute atomic E-state index is 3.57. The van der Waals surface area contributed by atoms with E-state index in [0.717, 1.165) is 18.4 Å². The lowest BCUT2D eigenvalue weighted by atomic mass is 10.1. The minimum Gasteiger partial charge on any atom is -0.316 e. The Morgan fingerprint density at radius 2 is 2.00 bits per heavy atom. The molecule has 15 heavy (non-hydrogen) atoms. The van der Waals surface area contributed by atoms with Gasteiger partial charge in [-0.2, -0.15) is 0 Å². The molecule has 0 aromatic rings. The highest BCUT2D eigenvalue weighted by molar-refractivity contribution is 4.85. The van der Waals surface area contributed by atoms with Crippen LogP contribution in [0.15, 0.2) is 0 Å². The Morgan fingerprint density at radius 1 is 1.33 bits per heavy atom. The third-order valence-corrected chi connectivity index (χ3v) is 3.22. The molecule has 0 spiro atoms. The van der Waals surface area contributed by atoms with Gasteiger partial charge in [0, 0.05) is 12.1 Å². The van der Waals surface area contributed by atoms with Crippen molar-refractivity contribution in [3.8, 4) is 0 Å². The topological polar surface area (TPSA) is 15.3 Å². The van der Waals surface area contributed by atoms with Gasteiger partial charge >= 0.3 is 0 Å². The van der Waals surface area contributed by atoms with Gasteiger partial charge in [-0.3, -0.25) is 4.90 Å². The standard InChI is InChI=1S/C13H28N2/c1-11(2)8-14-9-12-6-7-15(10-12)13(3,4)5/h11-12,14H,6-10H2,1-5H3. The zero-order valence-corrected chi connectivity index (χ0v) is 11.1. The molecule has 1 aliphatic heterocycles. The van der Waals surface area contributed by atoms with Crippen LogP contribution in [0, 0.1) is 11.8 Å². The van der Waals surface area contributed by atoms with Crippen LogP contribution < -0.4 is 5.32 Å². The summed E-state index contributed by atoms with van der Waals surface area (Å²) in [6.45, 7) is 16.4. The van der Waals surface area contributed by atoms with Gasteiger partial charge in [-0.05, 0) is 58.7 Å². The van der Waals surface area contributed by atoms with Crippen LogP contribution in [0.3, 0.4) is 0 Å². The molecule has 0 bridgehead atoms. The lowest BCUT2D eigenvalue weighted by Gasteiger charge is -2.31. The van der Waals surface area contributed by atoms with Crippen LogP contribution in [0.5, 0.6) is 0 Å². The molecule has 1 aliphatic rings. The molecule has 0 aromatic carbocycles. The van der Waals surface area contributed by atoms with Gasteiger partial charge in [-0.1, -0.05) is 13.8 Å².